The van der Waals surface area contributed by atoms with Crippen LogP contribution in [-0.4, -0.2) is 39.0 Å². The number of aromatic nitrogens is 3. The number of likely N-dealkylation sites (tertiary alicyclic amines) is 1. The van der Waals surface area contributed by atoms with E-state index in [4.69, 9.17) is 9.15 Å². The van der Waals surface area contributed by atoms with Gasteiger partial charge < -0.3 is 18.6 Å². The van der Waals surface area contributed by atoms with E-state index in [1.54, 1.807) is 13.3 Å². The zero-order chi connectivity index (χ0) is 22.8. The second-order valence-corrected chi connectivity index (χ2v) is 8.49. The van der Waals surface area contributed by atoms with Crippen LogP contribution in [-0.2, 0) is 17.8 Å². The molecule has 33 heavy (non-hydrogen) atoms. The molecule has 170 valence electrons. The lowest BCUT2D eigenvalue weighted by atomic mass is 10.0. The summed E-state index contributed by atoms with van der Waals surface area (Å²) in [5.74, 6) is 3.11. The molecule has 0 saturated carbocycles. The van der Waals surface area contributed by atoms with E-state index in [0.29, 0.717) is 18.9 Å². The average Bonchev–Trinajstić information content (AvgIpc) is 3.43. The Labute approximate surface area is 193 Å². The van der Waals surface area contributed by atoms with E-state index >= 15 is 0 Å². The first-order valence-electron chi connectivity index (χ1n) is 11.4. The molecule has 1 fully saturated rings. The molecule has 7 nitrogen and oxygen atoms in total. The number of carbonyl (C=O) groups excluding carboxylic acids is 1. The Bertz CT molecular complexity index is 1280. The Morgan fingerprint density at radius 3 is 2.85 bits per heavy atom. The number of nitrogens with zero attached hydrogens (tertiary/aromatic N) is 4. The molecule has 1 aliphatic rings. The van der Waals surface area contributed by atoms with Crippen LogP contribution in [0.1, 0.15) is 48.3 Å². The minimum absolute atomic E-state index is 0.0652. The summed E-state index contributed by atoms with van der Waals surface area (Å²) in [5.41, 5.74) is 2.93. The van der Waals surface area contributed by atoms with Gasteiger partial charge in [-0.05, 0) is 44.4 Å². The van der Waals surface area contributed by atoms with E-state index < -0.39 is 0 Å². The number of para-hydroxylation sites is 3. The lowest BCUT2D eigenvalue weighted by Crippen LogP contribution is -2.40. The summed E-state index contributed by atoms with van der Waals surface area (Å²) in [6.45, 7) is 2.91. The van der Waals surface area contributed by atoms with Gasteiger partial charge in [-0.2, -0.15) is 0 Å². The zero-order valence-electron chi connectivity index (χ0n) is 19.0. The van der Waals surface area contributed by atoms with E-state index in [-0.39, 0.29) is 18.5 Å². The highest BCUT2D eigenvalue weighted by molar-refractivity contribution is 5.81. The summed E-state index contributed by atoms with van der Waals surface area (Å²) in [6.07, 6.45) is 5.25. The number of methoxy groups -OCH3 is 1. The van der Waals surface area contributed by atoms with Crippen LogP contribution in [0.3, 0.4) is 0 Å². The van der Waals surface area contributed by atoms with Gasteiger partial charge >= 0.3 is 0 Å². The lowest BCUT2D eigenvalue weighted by molar-refractivity contribution is -0.136. The van der Waals surface area contributed by atoms with Gasteiger partial charge in [0.2, 0.25) is 11.8 Å². The Hall–Kier alpha value is -3.61. The molecule has 2 aromatic carbocycles. The van der Waals surface area contributed by atoms with Crippen molar-refractivity contribution in [3.63, 3.8) is 0 Å². The largest absolute Gasteiger partial charge is 0.496 e. The van der Waals surface area contributed by atoms with Crippen molar-refractivity contribution in [2.45, 2.75) is 45.2 Å². The van der Waals surface area contributed by atoms with Gasteiger partial charge in [0.1, 0.15) is 29.9 Å². The molecule has 3 heterocycles. The average molecular weight is 445 g/mol. The predicted molar refractivity (Wildman–Crippen MR) is 125 cm³/mol. The number of ether oxygens (including phenoxy) is 1. The van der Waals surface area contributed by atoms with Crippen molar-refractivity contribution in [1.82, 2.24) is 19.4 Å². The summed E-state index contributed by atoms with van der Waals surface area (Å²) in [7, 11) is 1.67. The van der Waals surface area contributed by atoms with E-state index in [9.17, 15) is 4.79 Å². The number of fused-ring (bicyclic) bond motifs is 1. The van der Waals surface area contributed by atoms with Crippen molar-refractivity contribution in [3.05, 3.63) is 77.8 Å². The second-order valence-electron chi connectivity index (χ2n) is 8.49. The molecule has 2 aromatic heterocycles. The van der Waals surface area contributed by atoms with Crippen LogP contribution < -0.4 is 4.74 Å². The third-order valence-electron chi connectivity index (χ3n) is 6.38. The van der Waals surface area contributed by atoms with Gasteiger partial charge in [0.15, 0.2) is 0 Å². The molecule has 0 unspecified atom stereocenters. The highest BCUT2D eigenvalue weighted by Gasteiger charge is 2.32. The third-order valence-corrected chi connectivity index (χ3v) is 6.38. The molecule has 0 spiro atoms. The first-order valence-corrected chi connectivity index (χ1v) is 11.4. The normalized spacial score (nSPS) is 16.3. The Balaban J connectivity index is 1.36. The molecule has 0 radical (unpaired) electrons. The first-order chi connectivity index (χ1) is 16.1. The third kappa shape index (κ3) is 4.23. The van der Waals surface area contributed by atoms with Crippen molar-refractivity contribution in [3.8, 4) is 5.75 Å². The number of oxazole rings is 1. The summed E-state index contributed by atoms with van der Waals surface area (Å²) in [5, 5.41) is 0. The first kappa shape index (κ1) is 21.2. The summed E-state index contributed by atoms with van der Waals surface area (Å²) in [4.78, 5) is 24.5. The molecular formula is C26H28N4O3. The molecule has 4 aromatic rings. The number of hydrogen-bond donors (Lipinski definition) is 0. The highest BCUT2D eigenvalue weighted by Crippen LogP contribution is 2.32. The maximum absolute atomic E-state index is 13.4. The van der Waals surface area contributed by atoms with Crippen molar-refractivity contribution >= 4 is 16.9 Å². The Morgan fingerprint density at radius 2 is 1.97 bits per heavy atom. The number of amides is 1. The van der Waals surface area contributed by atoms with Crippen LogP contribution in [0, 0.1) is 6.92 Å². The molecular weight excluding hydrogens is 416 g/mol. The summed E-state index contributed by atoms with van der Waals surface area (Å²) >= 11 is 0. The van der Waals surface area contributed by atoms with Crippen LogP contribution in [0.15, 0.2) is 59.1 Å². The topological polar surface area (TPSA) is 73.4 Å². The lowest BCUT2D eigenvalue weighted by Gasteiger charge is -2.34. The molecule has 1 aliphatic heterocycles. The van der Waals surface area contributed by atoms with Crippen molar-refractivity contribution in [1.29, 1.82) is 0 Å². The van der Waals surface area contributed by atoms with E-state index in [0.717, 1.165) is 53.2 Å². The SMILES string of the molecule is COc1ccccc1Cc1cnc([C@H]2CCCCN2C(=O)Cn2c(C)nc3ccccc32)o1. The molecule has 0 bridgehead atoms. The molecule has 0 N–H and O–H groups in total. The zero-order valence-corrected chi connectivity index (χ0v) is 19.0. The number of aryl methyl sites for hydroxylation is 1. The van der Waals surface area contributed by atoms with Gasteiger partial charge in [0.25, 0.3) is 0 Å². The van der Waals surface area contributed by atoms with E-state index in [1.165, 1.54) is 0 Å². The standard InChI is InChI=1S/C26H28N4O3/c1-18-28-21-10-4-5-11-22(21)30(18)17-25(31)29-14-8-7-12-23(29)26-27-16-20(33-26)15-19-9-3-6-13-24(19)32-2/h3-6,9-11,13,16,23H,7-8,12,14-15,17H2,1-2H3/t23-/m1/s1. The van der Waals surface area contributed by atoms with Crippen LogP contribution in [0.2, 0.25) is 0 Å². The van der Waals surface area contributed by atoms with Gasteiger partial charge in [-0.3, -0.25) is 4.79 Å². The van der Waals surface area contributed by atoms with Crippen LogP contribution in [0.5, 0.6) is 5.75 Å². The number of carbonyl (C=O) groups is 1. The Kier molecular flexibility index (Phi) is 5.86. The molecule has 1 atom stereocenters. The minimum Gasteiger partial charge on any atom is -0.496 e. The fourth-order valence-corrected chi connectivity index (χ4v) is 4.70. The second kappa shape index (κ2) is 9.10. The predicted octanol–water partition coefficient (Wildman–Crippen LogP) is 4.69. The summed E-state index contributed by atoms with van der Waals surface area (Å²) in [6, 6.07) is 15.7. The fourth-order valence-electron chi connectivity index (χ4n) is 4.70. The number of imidazole rings is 1. The van der Waals surface area contributed by atoms with Crippen LogP contribution in [0.25, 0.3) is 11.0 Å². The molecule has 1 saturated heterocycles. The maximum Gasteiger partial charge on any atom is 0.243 e. The number of benzene rings is 2. The van der Waals surface area contributed by atoms with E-state index in [2.05, 4.69) is 9.97 Å². The van der Waals surface area contributed by atoms with Gasteiger partial charge in [0, 0.05) is 18.5 Å². The molecule has 0 aliphatic carbocycles. The quantitative estimate of drug-likeness (QED) is 0.432. The molecule has 7 heteroatoms. The van der Waals surface area contributed by atoms with Crippen molar-refractivity contribution in [2.24, 2.45) is 0 Å². The molecule has 5 rings (SSSR count). The van der Waals surface area contributed by atoms with Gasteiger partial charge in [-0.15, -0.1) is 0 Å². The minimum atomic E-state index is -0.146. The monoisotopic (exact) mass is 444 g/mol. The van der Waals surface area contributed by atoms with E-state index in [1.807, 2.05) is 64.9 Å². The van der Waals surface area contributed by atoms with Gasteiger partial charge in [-0.1, -0.05) is 30.3 Å². The molecule has 1 amide bonds. The summed E-state index contributed by atoms with van der Waals surface area (Å²) < 4.78 is 13.6. The number of rotatable bonds is 6. The highest BCUT2D eigenvalue weighted by atomic mass is 16.5. The fraction of sp³-hybridized carbons (Fsp3) is 0.346. The van der Waals surface area contributed by atoms with Crippen LogP contribution in [0.4, 0.5) is 0 Å². The maximum atomic E-state index is 13.4. The number of piperidine rings is 1. The van der Waals surface area contributed by atoms with Crippen LogP contribution >= 0.6 is 0 Å². The van der Waals surface area contributed by atoms with Gasteiger partial charge in [-0.25, -0.2) is 9.97 Å². The Morgan fingerprint density at radius 1 is 1.15 bits per heavy atom. The van der Waals surface area contributed by atoms with Crippen molar-refractivity contribution in [2.75, 3.05) is 13.7 Å². The number of hydrogen-bond acceptors (Lipinski definition) is 5. The smallest absolute Gasteiger partial charge is 0.243 e. The van der Waals surface area contributed by atoms with Gasteiger partial charge in [0.05, 0.1) is 24.3 Å². The van der Waals surface area contributed by atoms with Crippen molar-refractivity contribution < 1.29 is 13.9 Å².